The van der Waals surface area contributed by atoms with E-state index in [0.29, 0.717) is 37.9 Å². The summed E-state index contributed by atoms with van der Waals surface area (Å²) in [5.74, 6) is 0.868. The fraction of sp³-hybridized carbons (Fsp3) is 0.400. The van der Waals surface area contributed by atoms with E-state index in [0.717, 1.165) is 35.3 Å². The largest absolute Gasteiger partial charge is 0.494 e. The van der Waals surface area contributed by atoms with Crippen LogP contribution in [0.5, 0.6) is 17.4 Å². The van der Waals surface area contributed by atoms with Crippen LogP contribution in [0.3, 0.4) is 0 Å². The maximum absolute atomic E-state index is 11.4. The summed E-state index contributed by atoms with van der Waals surface area (Å²) in [4.78, 5) is 15.4. The van der Waals surface area contributed by atoms with Crippen molar-refractivity contribution < 1.29 is 32.5 Å². The van der Waals surface area contributed by atoms with E-state index in [-0.39, 0.29) is 18.1 Å². The minimum Gasteiger partial charge on any atom is -0.494 e. The fourth-order valence-corrected chi connectivity index (χ4v) is 5.47. The molecule has 0 spiro atoms. The van der Waals surface area contributed by atoms with Gasteiger partial charge in [-0.05, 0) is 65.3 Å². The molecule has 2 aromatic carbocycles. The van der Waals surface area contributed by atoms with Crippen LogP contribution in [0.1, 0.15) is 54.9 Å². The minimum atomic E-state index is -3.00. The summed E-state index contributed by atoms with van der Waals surface area (Å²) in [5, 5.41) is 9.09. The Morgan fingerprint density at radius 1 is 1.10 bits per heavy atom. The second-order valence-corrected chi connectivity index (χ2v) is 12.1. The first-order chi connectivity index (χ1) is 18.7. The number of carbonyl (C=O) groups is 1. The number of pyridine rings is 1. The van der Waals surface area contributed by atoms with Crippen LogP contribution in [0.4, 0.5) is 0 Å². The van der Waals surface area contributed by atoms with E-state index < -0.39 is 15.8 Å². The summed E-state index contributed by atoms with van der Waals surface area (Å²) in [6, 6.07) is 14.0. The molecule has 3 aromatic rings. The monoisotopic (exact) mass is 553 g/mol. The number of nitrogens with zero attached hydrogens (tertiary/aromatic N) is 1. The van der Waals surface area contributed by atoms with E-state index in [1.807, 2.05) is 24.3 Å². The van der Waals surface area contributed by atoms with Crippen LogP contribution in [-0.2, 0) is 34.1 Å². The zero-order chi connectivity index (χ0) is 28.0. The van der Waals surface area contributed by atoms with Gasteiger partial charge in [-0.2, -0.15) is 0 Å². The quantitative estimate of drug-likeness (QED) is 0.287. The van der Waals surface area contributed by atoms with Crippen molar-refractivity contribution in [2.45, 2.75) is 52.1 Å². The number of ether oxygens (including phenoxy) is 3. The topological polar surface area (TPSA) is 112 Å². The van der Waals surface area contributed by atoms with Crippen LogP contribution < -0.4 is 14.2 Å². The number of sulfone groups is 1. The number of aromatic nitrogens is 1. The molecule has 1 aliphatic heterocycles. The Morgan fingerprint density at radius 3 is 2.51 bits per heavy atom. The lowest BCUT2D eigenvalue weighted by atomic mass is 9.90. The van der Waals surface area contributed by atoms with Crippen LogP contribution in [0, 0.1) is 0 Å². The highest BCUT2D eigenvalue weighted by atomic mass is 32.2. The first kappa shape index (κ1) is 28.4. The van der Waals surface area contributed by atoms with E-state index in [1.165, 1.54) is 22.9 Å². The summed E-state index contributed by atoms with van der Waals surface area (Å²) >= 11 is 0. The predicted molar refractivity (Wildman–Crippen MR) is 150 cm³/mol. The molecule has 0 bridgehead atoms. The normalized spacial score (nSPS) is 14.5. The van der Waals surface area contributed by atoms with E-state index in [9.17, 15) is 13.2 Å². The average molecular weight is 554 g/mol. The smallest absolute Gasteiger partial charge is 0.304 e. The Balaban J connectivity index is 1.48. The van der Waals surface area contributed by atoms with Gasteiger partial charge < -0.3 is 19.3 Å². The van der Waals surface area contributed by atoms with Gasteiger partial charge in [-0.15, -0.1) is 0 Å². The van der Waals surface area contributed by atoms with Crippen molar-refractivity contribution in [3.63, 3.8) is 0 Å². The molecule has 208 valence electrons. The second kappa shape index (κ2) is 12.5. The van der Waals surface area contributed by atoms with Crippen molar-refractivity contribution in [3.05, 3.63) is 70.9 Å². The number of aliphatic carboxylic acids is 1. The average Bonchev–Trinajstić information content (AvgIpc) is 3.30. The number of rotatable bonds is 13. The molecule has 0 saturated heterocycles. The molecule has 4 rings (SSSR count). The third kappa shape index (κ3) is 7.50. The van der Waals surface area contributed by atoms with Crippen molar-refractivity contribution in [1.82, 2.24) is 4.98 Å². The molecule has 9 heteroatoms. The van der Waals surface area contributed by atoms with Crippen molar-refractivity contribution in [2.75, 3.05) is 25.2 Å². The number of hydrogen-bond donors (Lipinski definition) is 1. The van der Waals surface area contributed by atoms with Gasteiger partial charge in [0.15, 0.2) is 0 Å². The number of aryl methyl sites for hydroxylation is 2. The molecule has 39 heavy (non-hydrogen) atoms. The summed E-state index contributed by atoms with van der Waals surface area (Å²) < 4.78 is 40.3. The molecule has 1 atom stereocenters. The Kier molecular flexibility index (Phi) is 9.12. The van der Waals surface area contributed by atoms with Crippen LogP contribution in [0.25, 0.3) is 11.1 Å². The summed E-state index contributed by atoms with van der Waals surface area (Å²) in [6.45, 7) is 5.23. The minimum absolute atomic E-state index is 0.0114. The first-order valence-corrected chi connectivity index (χ1v) is 15.3. The lowest BCUT2D eigenvalue weighted by Gasteiger charge is -2.17. The van der Waals surface area contributed by atoms with Gasteiger partial charge in [0.1, 0.15) is 27.9 Å². The predicted octanol–water partition coefficient (Wildman–Crippen LogP) is 5.22. The Labute approximate surface area is 229 Å². The lowest BCUT2D eigenvalue weighted by molar-refractivity contribution is -0.137. The third-order valence-corrected chi connectivity index (χ3v) is 7.77. The van der Waals surface area contributed by atoms with Crippen LogP contribution in [0.2, 0.25) is 0 Å². The molecule has 1 aliphatic rings. The van der Waals surface area contributed by atoms with Crippen LogP contribution in [-0.4, -0.2) is 49.7 Å². The van der Waals surface area contributed by atoms with Crippen molar-refractivity contribution in [2.24, 2.45) is 0 Å². The summed E-state index contributed by atoms with van der Waals surface area (Å²) in [6.07, 6.45) is 5.00. The molecule has 1 N–H and O–H groups in total. The third-order valence-electron chi connectivity index (χ3n) is 6.74. The second-order valence-electron chi connectivity index (χ2n) is 9.81. The molecule has 0 aliphatic carbocycles. The number of carboxylic acid groups (broad SMARTS) is 1. The van der Waals surface area contributed by atoms with Gasteiger partial charge in [-0.25, -0.2) is 13.4 Å². The summed E-state index contributed by atoms with van der Waals surface area (Å²) in [5.41, 5.74) is 6.39. The highest BCUT2D eigenvalue weighted by molar-refractivity contribution is 7.90. The van der Waals surface area contributed by atoms with Crippen LogP contribution >= 0.6 is 0 Å². The zero-order valence-electron chi connectivity index (χ0n) is 22.6. The van der Waals surface area contributed by atoms with E-state index in [2.05, 4.69) is 31.0 Å². The zero-order valence-corrected chi connectivity index (χ0v) is 23.4. The molecule has 0 amide bonds. The number of carboxylic acids is 1. The molecule has 1 aromatic heterocycles. The number of fused-ring (bicyclic) bond motifs is 1. The number of hydrogen-bond acceptors (Lipinski definition) is 7. The van der Waals surface area contributed by atoms with Gasteiger partial charge in [0.2, 0.25) is 5.88 Å². The van der Waals surface area contributed by atoms with Crippen LogP contribution in [0.15, 0.2) is 48.7 Å². The Hall–Kier alpha value is -3.59. The summed E-state index contributed by atoms with van der Waals surface area (Å²) in [7, 11) is -3.00. The van der Waals surface area contributed by atoms with E-state index >= 15 is 0 Å². The molecule has 1 unspecified atom stereocenters. The van der Waals surface area contributed by atoms with Gasteiger partial charge in [-0.3, -0.25) is 4.79 Å². The van der Waals surface area contributed by atoms with Crippen molar-refractivity contribution in [1.29, 1.82) is 0 Å². The highest BCUT2D eigenvalue weighted by Crippen LogP contribution is 2.37. The van der Waals surface area contributed by atoms with Crippen molar-refractivity contribution in [3.8, 4) is 28.5 Å². The fourth-order valence-electron chi connectivity index (χ4n) is 4.83. The lowest BCUT2D eigenvalue weighted by Crippen LogP contribution is -2.08. The first-order valence-electron chi connectivity index (χ1n) is 13.2. The standard InChI is InChI=1S/C30H35NO7S/c1-4-21-13-25(36-10-7-11-39(3,34)35)14-22(5-2)30(21)23-9-6-8-20(12-23)18-38-28-16-27-26(17-31-28)24(19-37-27)15-29(32)33/h6,8-9,12-14,16-17,24H,4-5,7,10-11,15,18-19H2,1-3H3,(H,32,33). The van der Waals surface area contributed by atoms with Crippen molar-refractivity contribution >= 4 is 15.8 Å². The van der Waals surface area contributed by atoms with E-state index in [1.54, 1.807) is 12.3 Å². The molecular weight excluding hydrogens is 518 g/mol. The van der Waals surface area contributed by atoms with E-state index in [4.69, 9.17) is 19.3 Å². The van der Waals surface area contributed by atoms with Gasteiger partial charge in [-0.1, -0.05) is 32.0 Å². The van der Waals surface area contributed by atoms with Gasteiger partial charge in [0.05, 0.1) is 25.4 Å². The highest BCUT2D eigenvalue weighted by Gasteiger charge is 2.27. The molecule has 8 nitrogen and oxygen atoms in total. The Morgan fingerprint density at radius 2 is 1.85 bits per heavy atom. The molecule has 0 saturated carbocycles. The molecule has 2 heterocycles. The SMILES string of the molecule is CCc1cc(OCCCS(C)(=O)=O)cc(CC)c1-c1cccc(COc2cc3c(cn2)C(CC(=O)O)CO3)c1. The maximum atomic E-state index is 11.4. The maximum Gasteiger partial charge on any atom is 0.304 e. The molecular formula is C30H35NO7S. The van der Waals surface area contributed by atoms with Gasteiger partial charge in [0, 0.05) is 30.0 Å². The number of benzene rings is 2. The van der Waals surface area contributed by atoms with Gasteiger partial charge in [0.25, 0.3) is 0 Å². The Bertz CT molecular complexity index is 1410. The molecule has 0 fully saturated rings. The van der Waals surface area contributed by atoms with Gasteiger partial charge >= 0.3 is 5.97 Å². The molecule has 0 radical (unpaired) electrons.